The smallest absolute Gasteiger partial charge is 0.0879 e. The quantitative estimate of drug-likeness (QED) is 0.786. The second-order valence-corrected chi connectivity index (χ2v) is 4.95. The zero-order chi connectivity index (χ0) is 14.3. The molecule has 0 aliphatic carbocycles. The fourth-order valence-corrected chi connectivity index (χ4v) is 1.47. The molecule has 0 amide bonds. The van der Waals surface area contributed by atoms with Gasteiger partial charge in [-0.2, -0.15) is 5.10 Å². The first-order valence-corrected chi connectivity index (χ1v) is 6.60. The summed E-state index contributed by atoms with van der Waals surface area (Å²) >= 11 is 0. The summed E-state index contributed by atoms with van der Waals surface area (Å²) in [4.78, 5) is 4.18. The Balaban J connectivity index is -0.000000134. The molecule has 0 atom stereocenters. The van der Waals surface area contributed by atoms with Crippen molar-refractivity contribution in [1.29, 1.82) is 0 Å². The van der Waals surface area contributed by atoms with Crippen LogP contribution in [0.1, 0.15) is 73.3 Å². The van der Waals surface area contributed by atoms with E-state index in [4.69, 9.17) is 5.11 Å². The van der Waals surface area contributed by atoms with Crippen molar-refractivity contribution in [3.05, 3.63) is 48.0 Å². The van der Waals surface area contributed by atoms with Crippen molar-refractivity contribution in [3.8, 4) is 0 Å². The fourth-order valence-electron chi connectivity index (χ4n) is 1.47. The molecule has 0 aromatic carbocycles. The van der Waals surface area contributed by atoms with Gasteiger partial charge in [-0.25, -0.2) is 0 Å². The van der Waals surface area contributed by atoms with Crippen LogP contribution >= 0.6 is 0 Å². The van der Waals surface area contributed by atoms with Crippen LogP contribution in [0.25, 0.3) is 0 Å². The van der Waals surface area contributed by atoms with Gasteiger partial charge in [0, 0.05) is 56.8 Å². The summed E-state index contributed by atoms with van der Waals surface area (Å²) in [6, 6.07) is 8.19. The van der Waals surface area contributed by atoms with Gasteiger partial charge in [0.25, 0.3) is 0 Å². The minimum Gasteiger partial charge on any atom is -0.390 e. The first kappa shape index (κ1) is 30.3. The van der Waals surface area contributed by atoms with Crippen LogP contribution in [0.2, 0.25) is 0 Å². The Kier molecular flexibility index (Phi) is 21.5. The Morgan fingerprint density at radius 1 is 1.04 bits per heavy atom. The maximum absolute atomic E-state index is 8.66. The minimum absolute atomic E-state index is 0. The van der Waals surface area contributed by atoms with Crippen LogP contribution < -0.4 is 0 Å². The molecule has 1 radical (unpaired) electrons. The van der Waals surface area contributed by atoms with Gasteiger partial charge in [0.1, 0.15) is 0 Å². The monoisotopic (exact) mass is 398 g/mol. The second-order valence-electron chi connectivity index (χ2n) is 4.95. The molecule has 23 heavy (non-hydrogen) atoms. The third kappa shape index (κ3) is 11.6. The number of pyridine rings is 1. The molecular weight excluding hydrogens is 363 g/mol. The fraction of sp³-hybridized carbons (Fsp3) is 0.556. The SMILES string of the molecule is C.C.C.CC(C)c1ccccn1.CC(C)n1ccc(CO)n1.[Y]. The van der Waals surface area contributed by atoms with Crippen LogP contribution in [-0.4, -0.2) is 19.9 Å². The van der Waals surface area contributed by atoms with Crippen LogP contribution in [0.15, 0.2) is 36.7 Å². The normalized spacial score (nSPS) is 8.65. The van der Waals surface area contributed by atoms with E-state index in [1.54, 1.807) is 0 Å². The van der Waals surface area contributed by atoms with E-state index in [0.29, 0.717) is 12.0 Å². The molecule has 2 aromatic rings. The van der Waals surface area contributed by atoms with Crippen molar-refractivity contribution < 1.29 is 37.8 Å². The van der Waals surface area contributed by atoms with Gasteiger partial charge in [-0.05, 0) is 38.0 Å². The Hall–Kier alpha value is -0.576. The Morgan fingerprint density at radius 2 is 1.65 bits per heavy atom. The zero-order valence-corrected chi connectivity index (χ0v) is 15.5. The van der Waals surface area contributed by atoms with E-state index < -0.39 is 0 Å². The molecule has 2 aromatic heterocycles. The van der Waals surface area contributed by atoms with E-state index in [2.05, 4.69) is 23.9 Å². The van der Waals surface area contributed by atoms with Gasteiger partial charge in [-0.15, -0.1) is 0 Å². The molecule has 4 nitrogen and oxygen atoms in total. The second kappa shape index (κ2) is 16.3. The standard InChI is InChI=1S/C8H11N.C7H12N2O.3CH4.Y/c1-7(2)8-5-3-4-6-9-8;1-6(2)9-4-3-7(5-10)8-9;;;;/h3-7H,1-2H3;3-4,6,10H,5H2,1-2H3;3*1H4;. The predicted molar refractivity (Wildman–Crippen MR) is 97.1 cm³/mol. The summed E-state index contributed by atoms with van der Waals surface area (Å²) in [5.74, 6) is 0.547. The Bertz CT molecular complexity index is 470. The van der Waals surface area contributed by atoms with Crippen LogP contribution in [0.3, 0.4) is 0 Å². The van der Waals surface area contributed by atoms with Crippen LogP contribution in [0.5, 0.6) is 0 Å². The van der Waals surface area contributed by atoms with Crippen LogP contribution in [-0.2, 0) is 39.3 Å². The number of aromatic nitrogens is 3. The molecule has 1 N–H and O–H groups in total. The topological polar surface area (TPSA) is 50.9 Å². The van der Waals surface area contributed by atoms with Gasteiger partial charge >= 0.3 is 0 Å². The summed E-state index contributed by atoms with van der Waals surface area (Å²) in [7, 11) is 0. The minimum atomic E-state index is 0. The van der Waals surface area contributed by atoms with Gasteiger partial charge < -0.3 is 5.11 Å². The molecule has 0 aliphatic rings. The maximum atomic E-state index is 8.66. The molecule has 131 valence electrons. The van der Waals surface area contributed by atoms with Gasteiger partial charge in [0.2, 0.25) is 0 Å². The summed E-state index contributed by atoms with van der Waals surface area (Å²) in [5, 5.41) is 12.8. The summed E-state index contributed by atoms with van der Waals surface area (Å²) in [6.07, 6.45) is 3.70. The van der Waals surface area contributed by atoms with E-state index in [9.17, 15) is 0 Å². The summed E-state index contributed by atoms with van der Waals surface area (Å²) in [5.41, 5.74) is 1.89. The van der Waals surface area contributed by atoms with Crippen molar-refractivity contribution in [1.82, 2.24) is 14.8 Å². The Labute approximate surface area is 168 Å². The number of hydrogen-bond acceptors (Lipinski definition) is 3. The molecule has 0 saturated heterocycles. The average molecular weight is 398 g/mol. The molecule has 2 heterocycles. The number of nitrogens with zero attached hydrogens (tertiary/aromatic N) is 3. The zero-order valence-electron chi connectivity index (χ0n) is 12.7. The van der Waals surface area contributed by atoms with Crippen molar-refractivity contribution in [2.45, 2.75) is 68.5 Å². The number of aliphatic hydroxyl groups excluding tert-OH is 1. The molecule has 0 spiro atoms. The third-order valence-electron chi connectivity index (χ3n) is 2.63. The first-order valence-electron chi connectivity index (χ1n) is 6.60. The van der Waals surface area contributed by atoms with Crippen molar-refractivity contribution >= 4 is 0 Å². The number of rotatable bonds is 3. The summed E-state index contributed by atoms with van der Waals surface area (Å²) in [6.45, 7) is 8.41. The van der Waals surface area contributed by atoms with Crippen molar-refractivity contribution in [3.63, 3.8) is 0 Å². The molecule has 0 unspecified atom stereocenters. The van der Waals surface area contributed by atoms with Gasteiger partial charge in [-0.1, -0.05) is 42.2 Å². The first-order chi connectivity index (χ1) is 9.04. The van der Waals surface area contributed by atoms with E-state index in [1.807, 2.05) is 55.2 Å². The molecule has 0 bridgehead atoms. The van der Waals surface area contributed by atoms with Gasteiger partial charge in [-0.3, -0.25) is 9.67 Å². The number of hydrogen-bond donors (Lipinski definition) is 1. The molecular formula is C18H35N3OY. The predicted octanol–water partition coefficient (Wildman–Crippen LogP) is 5.07. The molecule has 5 heteroatoms. The molecule has 0 fully saturated rings. The molecule has 0 aliphatic heterocycles. The van der Waals surface area contributed by atoms with E-state index in [-0.39, 0.29) is 61.6 Å². The van der Waals surface area contributed by atoms with E-state index in [1.165, 1.54) is 0 Å². The van der Waals surface area contributed by atoms with E-state index >= 15 is 0 Å². The van der Waals surface area contributed by atoms with Crippen LogP contribution in [0.4, 0.5) is 0 Å². The molecule has 2 rings (SSSR count). The van der Waals surface area contributed by atoms with Gasteiger partial charge in [0.05, 0.1) is 12.3 Å². The Morgan fingerprint density at radius 3 is 1.91 bits per heavy atom. The van der Waals surface area contributed by atoms with Crippen molar-refractivity contribution in [2.24, 2.45) is 0 Å². The maximum Gasteiger partial charge on any atom is 0.0879 e. The molecule has 0 saturated carbocycles. The van der Waals surface area contributed by atoms with E-state index in [0.717, 1.165) is 11.4 Å². The summed E-state index contributed by atoms with van der Waals surface area (Å²) < 4.78 is 1.82. The number of aliphatic hydroxyl groups is 1. The van der Waals surface area contributed by atoms with Crippen LogP contribution in [0, 0.1) is 0 Å². The largest absolute Gasteiger partial charge is 0.390 e. The average Bonchev–Trinajstić information content (AvgIpc) is 2.89. The third-order valence-corrected chi connectivity index (χ3v) is 2.63. The van der Waals surface area contributed by atoms with Crippen molar-refractivity contribution in [2.75, 3.05) is 0 Å². The van der Waals surface area contributed by atoms with Gasteiger partial charge in [0.15, 0.2) is 0 Å².